The summed E-state index contributed by atoms with van der Waals surface area (Å²) in [5, 5.41) is 8.41. The van der Waals surface area contributed by atoms with Gasteiger partial charge in [-0.2, -0.15) is 0 Å². The van der Waals surface area contributed by atoms with Crippen LogP contribution in [0.2, 0.25) is 0 Å². The molecule has 3 heteroatoms. The highest BCUT2D eigenvalue weighted by Gasteiger charge is 1.91. The third kappa shape index (κ3) is 3.21. The maximum atomic E-state index is 10.2. The highest BCUT2D eigenvalue weighted by Crippen LogP contribution is 1.84. The van der Waals surface area contributed by atoms with Crippen LogP contribution < -0.4 is 0 Å². The summed E-state index contributed by atoms with van der Waals surface area (Å²) in [4.78, 5) is 10.2. The molecule has 3 nitrogen and oxygen atoms in total. The Kier molecular flexibility index (Phi) is 2.69. The van der Waals surface area contributed by atoms with E-state index in [2.05, 4.69) is 4.74 Å². The molecule has 0 aromatic heterocycles. The molecule has 0 aliphatic carbocycles. The number of carbonyl (C=O) groups excluding carboxylic acids is 1. The van der Waals surface area contributed by atoms with Gasteiger partial charge in [0, 0.05) is 0 Å². The Labute approximate surface area is 47.6 Å². The summed E-state index contributed by atoms with van der Waals surface area (Å²) in [6, 6.07) is 0. The molecule has 0 bridgehead atoms. The molecule has 0 radical (unpaired) electrons. The van der Waals surface area contributed by atoms with E-state index in [1.807, 2.05) is 0 Å². The van der Waals surface area contributed by atoms with Crippen LogP contribution in [0.15, 0.2) is 11.8 Å². The van der Waals surface area contributed by atoms with Gasteiger partial charge in [0.25, 0.3) is 0 Å². The molecule has 0 aromatic carbocycles. The Balaban J connectivity index is 3.70. The molecular weight excluding hydrogens is 108 g/mol. The van der Waals surface area contributed by atoms with Crippen molar-refractivity contribution in [2.24, 2.45) is 0 Å². The summed E-state index contributed by atoms with van der Waals surface area (Å²) < 4.78 is 4.19. The summed E-state index contributed by atoms with van der Waals surface area (Å²) >= 11 is 0. The van der Waals surface area contributed by atoms with E-state index in [0.717, 1.165) is 6.08 Å². The van der Waals surface area contributed by atoms with E-state index in [9.17, 15) is 4.79 Å². The lowest BCUT2D eigenvalue weighted by Crippen LogP contribution is -1.94. The molecule has 0 saturated carbocycles. The lowest BCUT2D eigenvalue weighted by Gasteiger charge is -1.88. The number of allylic oxidation sites excluding steroid dienone is 1. The number of aliphatic hydroxyl groups excluding tert-OH is 1. The fourth-order valence-electron chi connectivity index (χ4n) is 0.229. The average Bonchev–Trinajstić information content (AvgIpc) is 1.65. The molecule has 1 N–H and O–H groups in total. The number of rotatable bonds is 1. The highest BCUT2D eigenvalue weighted by molar-refractivity contribution is 5.82. The highest BCUT2D eigenvalue weighted by atomic mass is 16.5. The molecule has 8 heavy (non-hydrogen) atoms. The zero-order chi connectivity index (χ0) is 6.57. The predicted molar refractivity (Wildman–Crippen MR) is 28.4 cm³/mol. The SMILES string of the molecule is COC(=O)C=C(C)O. The minimum Gasteiger partial charge on any atom is -0.512 e. The summed E-state index contributed by atoms with van der Waals surface area (Å²) in [6.07, 6.45) is 1.00. The Morgan fingerprint density at radius 1 is 1.75 bits per heavy atom. The number of esters is 1. The van der Waals surface area contributed by atoms with E-state index in [1.165, 1.54) is 14.0 Å². The number of ether oxygens (including phenoxy) is 1. The Morgan fingerprint density at radius 3 is 2.38 bits per heavy atom. The lowest BCUT2D eigenvalue weighted by atomic mass is 10.5. The van der Waals surface area contributed by atoms with Gasteiger partial charge in [-0.15, -0.1) is 0 Å². The maximum Gasteiger partial charge on any atom is 0.333 e. The van der Waals surface area contributed by atoms with Gasteiger partial charge >= 0.3 is 5.97 Å². The molecule has 0 saturated heterocycles. The second-order valence-corrected chi connectivity index (χ2v) is 1.31. The van der Waals surface area contributed by atoms with Gasteiger partial charge in [-0.05, 0) is 6.92 Å². The van der Waals surface area contributed by atoms with Crippen molar-refractivity contribution in [3.63, 3.8) is 0 Å². The molecule has 0 rings (SSSR count). The van der Waals surface area contributed by atoms with Crippen LogP contribution in [0.5, 0.6) is 0 Å². The molecule has 0 aliphatic rings. The monoisotopic (exact) mass is 116 g/mol. The van der Waals surface area contributed by atoms with E-state index < -0.39 is 5.97 Å². The zero-order valence-corrected chi connectivity index (χ0v) is 4.84. The minimum atomic E-state index is -0.537. The van der Waals surface area contributed by atoms with Gasteiger partial charge in [0.2, 0.25) is 0 Å². The summed E-state index contributed by atoms with van der Waals surface area (Å²) in [5.74, 6) is -0.582. The second-order valence-electron chi connectivity index (χ2n) is 1.31. The molecule has 0 atom stereocenters. The van der Waals surface area contributed by atoms with Crippen molar-refractivity contribution < 1.29 is 14.6 Å². The van der Waals surface area contributed by atoms with Gasteiger partial charge in [0.1, 0.15) is 0 Å². The number of hydrogen-bond donors (Lipinski definition) is 1. The van der Waals surface area contributed by atoms with Crippen LogP contribution in [0.4, 0.5) is 0 Å². The van der Waals surface area contributed by atoms with Gasteiger partial charge in [-0.3, -0.25) is 0 Å². The van der Waals surface area contributed by atoms with Crippen LogP contribution >= 0.6 is 0 Å². The number of carbonyl (C=O) groups is 1. The topological polar surface area (TPSA) is 46.5 Å². The summed E-state index contributed by atoms with van der Waals surface area (Å²) in [5.41, 5.74) is 0. The Morgan fingerprint density at radius 2 is 2.25 bits per heavy atom. The van der Waals surface area contributed by atoms with Gasteiger partial charge in [-0.25, -0.2) is 4.79 Å². The lowest BCUT2D eigenvalue weighted by molar-refractivity contribution is -0.135. The molecule has 0 unspecified atom stereocenters. The van der Waals surface area contributed by atoms with Crippen molar-refractivity contribution in [3.8, 4) is 0 Å². The van der Waals surface area contributed by atoms with E-state index >= 15 is 0 Å². The number of methoxy groups -OCH3 is 1. The third-order valence-electron chi connectivity index (χ3n) is 0.528. The molecule has 0 heterocycles. The van der Waals surface area contributed by atoms with Gasteiger partial charge in [-0.1, -0.05) is 0 Å². The fourth-order valence-corrected chi connectivity index (χ4v) is 0.229. The standard InChI is InChI=1S/C5H8O3/c1-4(6)3-5(7)8-2/h3,6H,1-2H3. The van der Waals surface area contributed by atoms with Crippen molar-refractivity contribution in [1.29, 1.82) is 0 Å². The molecular formula is C5H8O3. The largest absolute Gasteiger partial charge is 0.512 e. The average molecular weight is 116 g/mol. The van der Waals surface area contributed by atoms with E-state index in [-0.39, 0.29) is 5.76 Å². The van der Waals surface area contributed by atoms with E-state index in [4.69, 9.17) is 5.11 Å². The van der Waals surface area contributed by atoms with E-state index in [1.54, 1.807) is 0 Å². The quantitative estimate of drug-likeness (QED) is 0.310. The molecule has 0 aliphatic heterocycles. The van der Waals surface area contributed by atoms with Crippen LogP contribution in [0.3, 0.4) is 0 Å². The Bertz CT molecular complexity index is 111. The number of aliphatic hydroxyl groups is 1. The van der Waals surface area contributed by atoms with Crippen LogP contribution in [0, 0.1) is 0 Å². The third-order valence-corrected chi connectivity index (χ3v) is 0.528. The van der Waals surface area contributed by atoms with Crippen LogP contribution in [-0.2, 0) is 9.53 Å². The zero-order valence-electron chi connectivity index (χ0n) is 4.84. The smallest absolute Gasteiger partial charge is 0.333 e. The fraction of sp³-hybridized carbons (Fsp3) is 0.400. The normalized spacial score (nSPS) is 11.0. The predicted octanol–water partition coefficient (Wildman–Crippen LogP) is 0.621. The van der Waals surface area contributed by atoms with Crippen molar-refractivity contribution in [2.45, 2.75) is 6.92 Å². The second kappa shape index (κ2) is 3.07. The molecule has 0 aromatic rings. The van der Waals surface area contributed by atoms with Crippen LogP contribution in [0.1, 0.15) is 6.92 Å². The van der Waals surface area contributed by atoms with Crippen LogP contribution in [-0.4, -0.2) is 18.2 Å². The molecule has 0 spiro atoms. The van der Waals surface area contributed by atoms with Gasteiger partial charge in [0.15, 0.2) is 0 Å². The maximum absolute atomic E-state index is 10.2. The number of hydrogen-bond acceptors (Lipinski definition) is 3. The first kappa shape index (κ1) is 7.01. The molecule has 0 amide bonds. The molecule has 0 fully saturated rings. The van der Waals surface area contributed by atoms with Gasteiger partial charge in [0.05, 0.1) is 18.9 Å². The first-order valence-corrected chi connectivity index (χ1v) is 2.12. The van der Waals surface area contributed by atoms with Crippen molar-refractivity contribution >= 4 is 5.97 Å². The molecule has 46 valence electrons. The Hall–Kier alpha value is -0.990. The van der Waals surface area contributed by atoms with Crippen LogP contribution in [0.25, 0.3) is 0 Å². The summed E-state index contributed by atoms with van der Waals surface area (Å²) in [7, 11) is 1.25. The summed E-state index contributed by atoms with van der Waals surface area (Å²) in [6.45, 7) is 1.40. The van der Waals surface area contributed by atoms with Crippen molar-refractivity contribution in [3.05, 3.63) is 11.8 Å². The van der Waals surface area contributed by atoms with Crippen molar-refractivity contribution in [2.75, 3.05) is 7.11 Å². The first-order valence-electron chi connectivity index (χ1n) is 2.12. The van der Waals surface area contributed by atoms with Crippen molar-refractivity contribution in [1.82, 2.24) is 0 Å². The van der Waals surface area contributed by atoms with E-state index in [0.29, 0.717) is 0 Å². The minimum absolute atomic E-state index is 0.0446. The van der Waals surface area contributed by atoms with Gasteiger partial charge < -0.3 is 9.84 Å². The first-order chi connectivity index (χ1) is 3.66.